The molecule has 11 heteroatoms. The van der Waals surface area contributed by atoms with Crippen LogP contribution in [0.4, 0.5) is 28.9 Å². The first-order chi connectivity index (χ1) is 18.7. The predicted octanol–water partition coefficient (Wildman–Crippen LogP) is 4.08. The van der Waals surface area contributed by atoms with E-state index < -0.39 is 29.9 Å². The van der Waals surface area contributed by atoms with E-state index >= 15 is 4.39 Å². The Bertz CT molecular complexity index is 1120. The Balaban J connectivity index is 1.40. The van der Waals surface area contributed by atoms with Crippen molar-refractivity contribution in [2.24, 2.45) is 5.92 Å². The fourth-order valence-corrected chi connectivity index (χ4v) is 5.36. The summed E-state index contributed by atoms with van der Waals surface area (Å²) in [5.74, 6) is -4.09. The maximum absolute atomic E-state index is 15.1. The zero-order valence-electron chi connectivity index (χ0n) is 21.9. The molecule has 3 N–H and O–H groups in total. The van der Waals surface area contributed by atoms with Gasteiger partial charge in [0.2, 0.25) is 11.8 Å². The van der Waals surface area contributed by atoms with Crippen LogP contribution in [-0.4, -0.2) is 68.2 Å². The summed E-state index contributed by atoms with van der Waals surface area (Å²) in [5, 5.41) is 8.14. The van der Waals surface area contributed by atoms with Gasteiger partial charge in [-0.1, -0.05) is 30.3 Å². The van der Waals surface area contributed by atoms with Crippen molar-refractivity contribution in [2.45, 2.75) is 44.4 Å². The van der Waals surface area contributed by atoms with Crippen LogP contribution in [0.15, 0.2) is 48.5 Å². The molecule has 0 aromatic heterocycles. The average molecular weight is 550 g/mol. The van der Waals surface area contributed by atoms with Crippen LogP contribution in [0.5, 0.6) is 0 Å². The second-order valence-electron chi connectivity index (χ2n) is 10.0. The summed E-state index contributed by atoms with van der Waals surface area (Å²) in [4.78, 5) is 29.3. The molecule has 0 aliphatic carbocycles. The molecule has 39 heavy (non-hydrogen) atoms. The lowest BCUT2D eigenvalue weighted by atomic mass is 9.97. The van der Waals surface area contributed by atoms with Crippen LogP contribution in [0.3, 0.4) is 0 Å². The number of carbonyl (C=O) groups excluding carboxylic acids is 2. The molecular weight excluding hydrogens is 514 g/mol. The maximum Gasteiger partial charge on any atom is 0.400 e. The number of halogens is 4. The van der Waals surface area contributed by atoms with Crippen molar-refractivity contribution in [3.63, 3.8) is 0 Å². The monoisotopic (exact) mass is 549 g/mol. The minimum absolute atomic E-state index is 0.0195. The van der Waals surface area contributed by atoms with Gasteiger partial charge in [0.25, 0.3) is 0 Å². The van der Waals surface area contributed by atoms with Crippen LogP contribution in [0.25, 0.3) is 0 Å². The van der Waals surface area contributed by atoms with Crippen LogP contribution in [0.2, 0.25) is 0 Å². The van der Waals surface area contributed by atoms with Gasteiger partial charge in [0.15, 0.2) is 0 Å². The minimum Gasteiger partial charge on any atom is -0.367 e. The molecule has 2 amide bonds. The first-order valence-electron chi connectivity index (χ1n) is 13.4. The van der Waals surface area contributed by atoms with Gasteiger partial charge < -0.3 is 20.9 Å². The molecule has 2 aromatic rings. The van der Waals surface area contributed by atoms with Crippen LogP contribution >= 0.6 is 0 Å². The molecule has 2 aliphatic rings. The van der Waals surface area contributed by atoms with E-state index in [1.807, 2.05) is 42.2 Å². The lowest BCUT2D eigenvalue weighted by Crippen LogP contribution is -2.51. The number of nitrogens with zero attached hydrogens (tertiary/aromatic N) is 2. The van der Waals surface area contributed by atoms with Crippen LogP contribution in [0.1, 0.15) is 37.8 Å². The number of amides is 2. The molecule has 2 aromatic carbocycles. The Morgan fingerprint density at radius 2 is 1.77 bits per heavy atom. The van der Waals surface area contributed by atoms with Crippen LogP contribution in [0, 0.1) is 11.7 Å². The summed E-state index contributed by atoms with van der Waals surface area (Å²) < 4.78 is 55.9. The summed E-state index contributed by atoms with van der Waals surface area (Å²) in [6.45, 7) is 4.94. The Morgan fingerprint density at radius 1 is 1.05 bits per heavy atom. The molecule has 3 atom stereocenters. The average Bonchev–Trinajstić information content (AvgIpc) is 3.42. The predicted molar refractivity (Wildman–Crippen MR) is 142 cm³/mol. The van der Waals surface area contributed by atoms with Gasteiger partial charge in [-0.2, -0.15) is 13.2 Å². The van der Waals surface area contributed by atoms with Gasteiger partial charge in [0, 0.05) is 44.5 Å². The van der Waals surface area contributed by atoms with E-state index in [0.29, 0.717) is 51.4 Å². The number of piperazine rings is 1. The fraction of sp³-hybridized carbons (Fsp3) is 0.500. The first kappa shape index (κ1) is 28.8. The fourth-order valence-electron chi connectivity index (χ4n) is 5.36. The first-order valence-corrected chi connectivity index (χ1v) is 13.4. The molecular formula is C28H35F4N5O2. The van der Waals surface area contributed by atoms with Gasteiger partial charge in [-0.05, 0) is 56.5 Å². The van der Waals surface area contributed by atoms with Gasteiger partial charge in [0.1, 0.15) is 17.8 Å². The van der Waals surface area contributed by atoms with Crippen molar-refractivity contribution in [3.8, 4) is 0 Å². The molecule has 2 saturated heterocycles. The van der Waals surface area contributed by atoms with E-state index in [0.717, 1.165) is 18.1 Å². The van der Waals surface area contributed by atoms with Crippen LogP contribution in [-0.2, 0) is 9.59 Å². The summed E-state index contributed by atoms with van der Waals surface area (Å²) in [6, 6.07) is 12.6. The summed E-state index contributed by atoms with van der Waals surface area (Å²) in [5.41, 5.74) is 1.15. The van der Waals surface area contributed by atoms with Crippen LogP contribution < -0.4 is 20.9 Å². The Labute approximate surface area is 225 Å². The number of rotatable bonds is 9. The lowest BCUT2D eigenvalue weighted by molar-refractivity contribution is -0.182. The number of likely N-dealkylation sites (N-methyl/N-ethyl adjacent to an activating group) is 1. The van der Waals surface area contributed by atoms with Gasteiger partial charge >= 0.3 is 6.18 Å². The molecule has 2 fully saturated rings. The van der Waals surface area contributed by atoms with E-state index in [2.05, 4.69) is 20.9 Å². The third-order valence-electron chi connectivity index (χ3n) is 7.34. The minimum atomic E-state index is -4.70. The number of hydrogen-bond donors (Lipinski definition) is 3. The number of hydrogen-bond acceptors (Lipinski definition) is 5. The summed E-state index contributed by atoms with van der Waals surface area (Å²) in [6.07, 6.45) is -3.68. The molecule has 0 spiro atoms. The van der Waals surface area contributed by atoms with Crippen molar-refractivity contribution < 1.29 is 27.2 Å². The second kappa shape index (κ2) is 12.8. The van der Waals surface area contributed by atoms with Crippen molar-refractivity contribution >= 4 is 23.2 Å². The highest BCUT2D eigenvalue weighted by atomic mass is 19.4. The van der Waals surface area contributed by atoms with E-state index in [4.69, 9.17) is 0 Å². The molecule has 4 rings (SSSR count). The molecule has 7 nitrogen and oxygen atoms in total. The van der Waals surface area contributed by atoms with Gasteiger partial charge in [-0.3, -0.25) is 14.5 Å². The standard InChI is InChI=1S/C28H35F4N5O2/c1-2-33-27(39)25(19-7-4-3-5-8-19)37-15-13-36(14-16-37)24-11-10-21(18-23(24)29)35-26(38)22(28(30,31)32)17-20-9-6-12-34-20/h3-5,7-8,10-11,18,20,22,25,34H,2,6,9,12-17H2,1H3,(H,33,39)(H,35,38). The van der Waals surface area contributed by atoms with Crippen molar-refractivity contribution in [2.75, 3.05) is 49.5 Å². The number of alkyl halides is 3. The van der Waals surface area contributed by atoms with Crippen molar-refractivity contribution in [1.29, 1.82) is 0 Å². The smallest absolute Gasteiger partial charge is 0.367 e. The van der Waals surface area contributed by atoms with E-state index in [9.17, 15) is 22.8 Å². The highest BCUT2D eigenvalue weighted by molar-refractivity contribution is 5.93. The summed E-state index contributed by atoms with van der Waals surface area (Å²) in [7, 11) is 0. The molecule has 3 unspecified atom stereocenters. The topological polar surface area (TPSA) is 76.7 Å². The third kappa shape index (κ3) is 7.27. The second-order valence-corrected chi connectivity index (χ2v) is 10.0. The SMILES string of the molecule is CCNC(=O)C(c1ccccc1)N1CCN(c2ccc(NC(=O)C(CC3CCCN3)C(F)(F)F)cc2F)CC1. The molecule has 0 bridgehead atoms. The highest BCUT2D eigenvalue weighted by Gasteiger charge is 2.46. The van der Waals surface area contributed by atoms with Gasteiger partial charge in [0.05, 0.1) is 5.69 Å². The number of carbonyl (C=O) groups is 2. The number of nitrogens with one attached hydrogen (secondary N) is 3. The normalized spacial score (nSPS) is 19.9. The maximum atomic E-state index is 15.1. The largest absolute Gasteiger partial charge is 0.400 e. The Kier molecular flexibility index (Phi) is 9.45. The van der Waals surface area contributed by atoms with Gasteiger partial charge in [-0.15, -0.1) is 0 Å². The molecule has 2 heterocycles. The number of anilines is 2. The van der Waals surface area contributed by atoms with Crippen molar-refractivity contribution in [3.05, 3.63) is 59.9 Å². The van der Waals surface area contributed by atoms with Gasteiger partial charge in [-0.25, -0.2) is 4.39 Å². The molecule has 0 saturated carbocycles. The zero-order chi connectivity index (χ0) is 28.0. The third-order valence-corrected chi connectivity index (χ3v) is 7.34. The molecule has 212 valence electrons. The number of benzene rings is 2. The molecule has 2 aliphatic heterocycles. The highest BCUT2D eigenvalue weighted by Crippen LogP contribution is 2.33. The van der Waals surface area contributed by atoms with Crippen molar-refractivity contribution in [1.82, 2.24) is 15.5 Å². The van der Waals surface area contributed by atoms with E-state index in [1.165, 1.54) is 12.1 Å². The van der Waals surface area contributed by atoms with E-state index in [-0.39, 0.29) is 24.1 Å². The van der Waals surface area contributed by atoms with E-state index in [1.54, 1.807) is 0 Å². The molecule has 0 radical (unpaired) electrons. The zero-order valence-corrected chi connectivity index (χ0v) is 21.9. The Morgan fingerprint density at radius 3 is 2.36 bits per heavy atom. The lowest BCUT2D eigenvalue weighted by Gasteiger charge is -2.39. The Hall–Kier alpha value is -3.18. The quantitative estimate of drug-likeness (QED) is 0.411. The summed E-state index contributed by atoms with van der Waals surface area (Å²) >= 11 is 0.